The molecule has 1 aromatic carbocycles. The molecule has 0 saturated heterocycles. The van der Waals surface area contributed by atoms with Crippen LogP contribution >= 0.6 is 0 Å². The SMILES string of the molecule is CCC(CC)Oc1nc(N(C)c2c(C)cc(C)cc2C)ncc1C#N. The van der Waals surface area contributed by atoms with Crippen LogP contribution in [0.5, 0.6) is 5.88 Å². The average molecular weight is 338 g/mol. The summed E-state index contributed by atoms with van der Waals surface area (Å²) in [6.07, 6.45) is 3.32. The van der Waals surface area contributed by atoms with Crippen molar-refractivity contribution in [3.8, 4) is 11.9 Å². The van der Waals surface area contributed by atoms with Gasteiger partial charge in [-0.2, -0.15) is 10.2 Å². The summed E-state index contributed by atoms with van der Waals surface area (Å²) in [5.74, 6) is 0.880. The van der Waals surface area contributed by atoms with E-state index in [1.165, 1.54) is 11.8 Å². The van der Waals surface area contributed by atoms with E-state index in [4.69, 9.17) is 4.74 Å². The summed E-state index contributed by atoms with van der Waals surface area (Å²) in [5.41, 5.74) is 4.99. The monoisotopic (exact) mass is 338 g/mol. The minimum absolute atomic E-state index is 0.0444. The van der Waals surface area contributed by atoms with Crippen molar-refractivity contribution in [3.05, 3.63) is 40.6 Å². The number of ether oxygens (including phenoxy) is 1. The highest BCUT2D eigenvalue weighted by Crippen LogP contribution is 2.30. The Balaban J connectivity index is 2.45. The zero-order valence-electron chi connectivity index (χ0n) is 15.9. The predicted octanol–water partition coefficient (Wildman–Crippen LogP) is 4.61. The van der Waals surface area contributed by atoms with Crippen LogP contribution in [0, 0.1) is 32.1 Å². The quantitative estimate of drug-likeness (QED) is 0.769. The van der Waals surface area contributed by atoms with Gasteiger partial charge in [0.2, 0.25) is 11.8 Å². The van der Waals surface area contributed by atoms with Crippen LogP contribution in [-0.2, 0) is 0 Å². The molecule has 5 nitrogen and oxygen atoms in total. The molecule has 2 rings (SSSR count). The van der Waals surface area contributed by atoms with Gasteiger partial charge in [-0.1, -0.05) is 31.5 Å². The summed E-state index contributed by atoms with van der Waals surface area (Å²) in [6, 6.07) is 6.40. The number of nitriles is 1. The molecular formula is C20H26N4O. The Bertz CT molecular complexity index is 768. The molecule has 0 aliphatic rings. The Labute approximate surface area is 150 Å². The standard InChI is InChI=1S/C20H26N4O/c1-7-17(8-2)25-19-16(11-21)12-22-20(23-19)24(6)18-14(4)9-13(3)10-15(18)5/h9-10,12,17H,7-8H2,1-6H3. The first-order valence-electron chi connectivity index (χ1n) is 8.66. The number of aryl methyl sites for hydroxylation is 3. The molecule has 0 atom stereocenters. The third kappa shape index (κ3) is 4.08. The van der Waals surface area contributed by atoms with Crippen LogP contribution < -0.4 is 9.64 Å². The first kappa shape index (κ1) is 18.7. The lowest BCUT2D eigenvalue weighted by Gasteiger charge is -2.23. The van der Waals surface area contributed by atoms with Gasteiger partial charge < -0.3 is 9.64 Å². The van der Waals surface area contributed by atoms with Crippen LogP contribution in [0.2, 0.25) is 0 Å². The highest BCUT2D eigenvalue weighted by atomic mass is 16.5. The van der Waals surface area contributed by atoms with E-state index in [1.54, 1.807) is 0 Å². The van der Waals surface area contributed by atoms with Gasteiger partial charge in [-0.05, 0) is 44.7 Å². The van der Waals surface area contributed by atoms with Gasteiger partial charge in [-0.25, -0.2) is 4.98 Å². The molecule has 0 radical (unpaired) electrons. The van der Waals surface area contributed by atoms with E-state index in [0.29, 0.717) is 17.4 Å². The maximum atomic E-state index is 9.32. The Morgan fingerprint density at radius 3 is 2.28 bits per heavy atom. The van der Waals surface area contributed by atoms with Gasteiger partial charge in [0.25, 0.3) is 0 Å². The van der Waals surface area contributed by atoms with Crippen LogP contribution in [0.4, 0.5) is 11.6 Å². The van der Waals surface area contributed by atoms with E-state index in [1.807, 2.05) is 11.9 Å². The van der Waals surface area contributed by atoms with Crippen LogP contribution in [0.3, 0.4) is 0 Å². The molecule has 0 unspecified atom stereocenters. The lowest BCUT2D eigenvalue weighted by atomic mass is 10.0. The van der Waals surface area contributed by atoms with Crippen molar-refractivity contribution in [2.45, 2.75) is 53.6 Å². The van der Waals surface area contributed by atoms with E-state index in [2.05, 4.69) is 62.8 Å². The lowest BCUT2D eigenvalue weighted by Crippen LogP contribution is -2.19. The minimum Gasteiger partial charge on any atom is -0.473 e. The molecule has 0 spiro atoms. The third-order valence-electron chi connectivity index (χ3n) is 4.32. The minimum atomic E-state index is 0.0444. The van der Waals surface area contributed by atoms with Crippen molar-refractivity contribution in [2.75, 3.05) is 11.9 Å². The van der Waals surface area contributed by atoms with Crippen molar-refractivity contribution >= 4 is 11.6 Å². The average Bonchev–Trinajstić information content (AvgIpc) is 2.58. The third-order valence-corrected chi connectivity index (χ3v) is 4.32. The van der Waals surface area contributed by atoms with E-state index in [9.17, 15) is 5.26 Å². The van der Waals surface area contributed by atoms with Crippen molar-refractivity contribution < 1.29 is 4.74 Å². The predicted molar refractivity (Wildman–Crippen MR) is 100 cm³/mol. The van der Waals surface area contributed by atoms with Crippen molar-refractivity contribution in [3.63, 3.8) is 0 Å². The van der Waals surface area contributed by atoms with Gasteiger partial charge in [-0.3, -0.25) is 0 Å². The molecular weight excluding hydrogens is 312 g/mol. The molecule has 0 saturated carbocycles. The smallest absolute Gasteiger partial charge is 0.236 e. The molecule has 0 fully saturated rings. The fourth-order valence-electron chi connectivity index (χ4n) is 3.10. The maximum Gasteiger partial charge on any atom is 0.236 e. The zero-order valence-corrected chi connectivity index (χ0v) is 15.9. The number of hydrogen-bond acceptors (Lipinski definition) is 5. The van der Waals surface area contributed by atoms with E-state index < -0.39 is 0 Å². The van der Waals surface area contributed by atoms with Gasteiger partial charge in [0.15, 0.2) is 0 Å². The highest BCUT2D eigenvalue weighted by Gasteiger charge is 2.17. The van der Waals surface area contributed by atoms with Gasteiger partial charge in [0.1, 0.15) is 11.6 Å². The number of benzene rings is 1. The second-order valence-electron chi connectivity index (χ2n) is 6.36. The molecule has 25 heavy (non-hydrogen) atoms. The summed E-state index contributed by atoms with van der Waals surface area (Å²) >= 11 is 0. The topological polar surface area (TPSA) is 62.0 Å². The van der Waals surface area contributed by atoms with E-state index >= 15 is 0 Å². The summed E-state index contributed by atoms with van der Waals surface area (Å²) in [7, 11) is 1.94. The summed E-state index contributed by atoms with van der Waals surface area (Å²) < 4.78 is 5.94. The van der Waals surface area contributed by atoms with Crippen molar-refractivity contribution in [2.24, 2.45) is 0 Å². The molecule has 132 valence electrons. The Morgan fingerprint density at radius 2 is 1.76 bits per heavy atom. The summed E-state index contributed by atoms with van der Waals surface area (Å²) in [4.78, 5) is 10.8. The number of anilines is 2. The van der Waals surface area contributed by atoms with Crippen molar-refractivity contribution in [1.82, 2.24) is 9.97 Å². The normalized spacial score (nSPS) is 10.6. The molecule has 1 aromatic heterocycles. The molecule has 5 heteroatoms. The molecule has 0 aliphatic carbocycles. The van der Waals surface area contributed by atoms with Crippen LogP contribution in [0.1, 0.15) is 48.9 Å². The number of aromatic nitrogens is 2. The van der Waals surface area contributed by atoms with Gasteiger partial charge >= 0.3 is 0 Å². The number of hydrogen-bond donors (Lipinski definition) is 0. The molecule has 0 N–H and O–H groups in total. The first-order valence-corrected chi connectivity index (χ1v) is 8.66. The summed E-state index contributed by atoms with van der Waals surface area (Å²) in [6.45, 7) is 10.4. The Kier molecular flexibility index (Phi) is 5.97. The second kappa shape index (κ2) is 7.98. The van der Waals surface area contributed by atoms with Crippen LogP contribution in [0.15, 0.2) is 18.3 Å². The van der Waals surface area contributed by atoms with Crippen LogP contribution in [0.25, 0.3) is 0 Å². The highest BCUT2D eigenvalue weighted by molar-refractivity contribution is 5.66. The lowest BCUT2D eigenvalue weighted by molar-refractivity contribution is 0.184. The molecule has 2 aromatic rings. The van der Waals surface area contributed by atoms with Gasteiger partial charge in [-0.15, -0.1) is 0 Å². The Morgan fingerprint density at radius 1 is 1.16 bits per heavy atom. The summed E-state index contributed by atoms with van der Waals surface area (Å²) in [5, 5.41) is 9.32. The fourth-order valence-corrected chi connectivity index (χ4v) is 3.10. The van der Waals surface area contributed by atoms with E-state index in [-0.39, 0.29) is 6.10 Å². The molecule has 0 bridgehead atoms. The largest absolute Gasteiger partial charge is 0.473 e. The molecule has 0 aliphatic heterocycles. The van der Waals surface area contributed by atoms with Gasteiger partial charge in [0, 0.05) is 12.7 Å². The first-order chi connectivity index (χ1) is 11.9. The number of rotatable bonds is 6. The van der Waals surface area contributed by atoms with Crippen LogP contribution in [-0.4, -0.2) is 23.1 Å². The number of nitrogens with zero attached hydrogens (tertiary/aromatic N) is 4. The second-order valence-corrected chi connectivity index (χ2v) is 6.36. The maximum absolute atomic E-state index is 9.32. The molecule has 1 heterocycles. The van der Waals surface area contributed by atoms with E-state index in [0.717, 1.165) is 29.7 Å². The zero-order chi connectivity index (χ0) is 18.6. The van der Waals surface area contributed by atoms with Gasteiger partial charge in [0.05, 0.1) is 12.3 Å². The molecule has 0 amide bonds. The van der Waals surface area contributed by atoms with Crippen molar-refractivity contribution in [1.29, 1.82) is 5.26 Å². The fraction of sp³-hybridized carbons (Fsp3) is 0.450. The Hall–Kier alpha value is -2.61.